The maximum atomic E-state index is 11.1. The average molecular weight is 447 g/mol. The molecular weight excluding hydrogens is 415 g/mol. The SMILES string of the molecule is CC(C)C[C@H]1O[C@@H](n2cnc3c2NC(N)=NC3N)[C@@H](O)C1OP(O)(=S)CC(C)C. The lowest BCUT2D eigenvalue weighted by molar-refractivity contribution is -0.0408. The Morgan fingerprint density at radius 2 is 2.07 bits per heavy atom. The first-order valence-corrected chi connectivity index (χ1v) is 12.6. The second-order valence-corrected chi connectivity index (χ2v) is 12.0. The minimum absolute atomic E-state index is 0.161. The Kier molecular flexibility index (Phi) is 6.69. The highest BCUT2D eigenvalue weighted by atomic mass is 32.5. The van der Waals surface area contributed by atoms with Crippen LogP contribution in [0, 0.1) is 11.8 Å². The third-order valence-electron chi connectivity index (χ3n) is 4.80. The molecule has 3 rings (SSSR count). The van der Waals surface area contributed by atoms with Gasteiger partial charge in [0.25, 0.3) is 0 Å². The summed E-state index contributed by atoms with van der Waals surface area (Å²) >= 11 is 5.34. The number of nitrogens with zero attached hydrogens (tertiary/aromatic N) is 3. The van der Waals surface area contributed by atoms with Crippen molar-refractivity contribution in [2.75, 3.05) is 11.5 Å². The number of nitrogens with two attached hydrogens (primary N) is 2. The molecule has 0 bridgehead atoms. The van der Waals surface area contributed by atoms with Gasteiger partial charge in [-0.3, -0.25) is 4.57 Å². The molecule has 2 aliphatic rings. The van der Waals surface area contributed by atoms with Gasteiger partial charge in [-0.15, -0.1) is 0 Å². The van der Waals surface area contributed by atoms with E-state index in [1.807, 2.05) is 13.8 Å². The lowest BCUT2D eigenvalue weighted by atomic mass is 10.0. The third-order valence-corrected chi connectivity index (χ3v) is 7.27. The summed E-state index contributed by atoms with van der Waals surface area (Å²) in [6.07, 6.45) is -1.19. The van der Waals surface area contributed by atoms with Crippen LogP contribution in [0.2, 0.25) is 0 Å². The minimum atomic E-state index is -3.07. The van der Waals surface area contributed by atoms with E-state index in [2.05, 4.69) is 29.1 Å². The molecule has 0 radical (unpaired) electrons. The Hall–Kier alpha value is -1.07. The lowest BCUT2D eigenvalue weighted by Crippen LogP contribution is -2.36. The summed E-state index contributed by atoms with van der Waals surface area (Å²) in [6.45, 7) is 4.98. The zero-order valence-electron chi connectivity index (χ0n) is 17.1. The molecule has 0 spiro atoms. The van der Waals surface area contributed by atoms with Crippen molar-refractivity contribution in [2.45, 2.75) is 64.8 Å². The third kappa shape index (κ3) is 4.99. The Morgan fingerprint density at radius 1 is 1.38 bits per heavy atom. The minimum Gasteiger partial charge on any atom is -0.386 e. The van der Waals surface area contributed by atoms with Gasteiger partial charge in [0.05, 0.1) is 12.4 Å². The number of guanidine groups is 1. The maximum Gasteiger partial charge on any atom is 0.196 e. The van der Waals surface area contributed by atoms with Gasteiger partial charge in [0.15, 0.2) is 18.7 Å². The fourth-order valence-corrected chi connectivity index (χ4v) is 6.55. The molecule has 10 nitrogen and oxygen atoms in total. The molecule has 0 aliphatic carbocycles. The van der Waals surface area contributed by atoms with E-state index in [-0.39, 0.29) is 11.9 Å². The quantitative estimate of drug-likeness (QED) is 0.389. The number of aromatic nitrogens is 2. The van der Waals surface area contributed by atoms with E-state index in [9.17, 15) is 10.00 Å². The van der Waals surface area contributed by atoms with Gasteiger partial charge in [-0.1, -0.05) is 27.7 Å². The van der Waals surface area contributed by atoms with Crippen LogP contribution in [0.4, 0.5) is 5.82 Å². The highest BCUT2D eigenvalue weighted by Crippen LogP contribution is 2.50. The van der Waals surface area contributed by atoms with Crippen LogP contribution in [0.1, 0.15) is 52.2 Å². The molecule has 1 aromatic rings. The zero-order valence-corrected chi connectivity index (χ0v) is 18.8. The second-order valence-electron chi connectivity index (χ2n) is 8.44. The Balaban J connectivity index is 1.88. The first-order chi connectivity index (χ1) is 13.5. The summed E-state index contributed by atoms with van der Waals surface area (Å²) in [4.78, 5) is 19.0. The van der Waals surface area contributed by atoms with Gasteiger partial charge >= 0.3 is 0 Å². The molecule has 2 aliphatic heterocycles. The first-order valence-electron chi connectivity index (χ1n) is 9.75. The van der Waals surface area contributed by atoms with Crippen molar-refractivity contribution in [1.29, 1.82) is 0 Å². The summed E-state index contributed by atoms with van der Waals surface area (Å²) in [5.41, 5.74) is 12.3. The van der Waals surface area contributed by atoms with E-state index >= 15 is 0 Å². The molecular formula is C17H31N6O4PS. The van der Waals surface area contributed by atoms with Crippen molar-refractivity contribution in [3.8, 4) is 0 Å². The molecule has 1 fully saturated rings. The summed E-state index contributed by atoms with van der Waals surface area (Å²) in [5.74, 6) is 1.15. The van der Waals surface area contributed by atoms with Crippen molar-refractivity contribution in [1.82, 2.24) is 9.55 Å². The fourth-order valence-electron chi connectivity index (χ4n) is 3.71. The number of aliphatic imine (C=N–C) groups is 1. The average Bonchev–Trinajstić information content (AvgIpc) is 3.09. The van der Waals surface area contributed by atoms with E-state index in [1.54, 1.807) is 4.57 Å². The van der Waals surface area contributed by atoms with Crippen molar-refractivity contribution < 1.29 is 19.3 Å². The van der Waals surface area contributed by atoms with E-state index < -0.39 is 37.2 Å². The van der Waals surface area contributed by atoms with Crippen LogP contribution in [0.3, 0.4) is 0 Å². The molecule has 0 amide bonds. The Labute approximate surface area is 175 Å². The highest BCUT2D eigenvalue weighted by molar-refractivity contribution is 8.09. The Morgan fingerprint density at radius 3 is 2.69 bits per heavy atom. The van der Waals surface area contributed by atoms with Gasteiger partial charge in [-0.05, 0) is 30.1 Å². The molecule has 6 atom stereocenters. The van der Waals surface area contributed by atoms with Crippen LogP contribution >= 0.6 is 6.49 Å². The molecule has 1 saturated heterocycles. The van der Waals surface area contributed by atoms with Gasteiger partial charge < -0.3 is 36.0 Å². The number of fused-ring (bicyclic) bond motifs is 1. The van der Waals surface area contributed by atoms with Crippen molar-refractivity contribution in [3.05, 3.63) is 12.0 Å². The van der Waals surface area contributed by atoms with Crippen LogP contribution < -0.4 is 16.8 Å². The van der Waals surface area contributed by atoms with Crippen molar-refractivity contribution in [2.24, 2.45) is 28.3 Å². The van der Waals surface area contributed by atoms with Crippen molar-refractivity contribution in [3.63, 3.8) is 0 Å². The summed E-state index contributed by atoms with van der Waals surface area (Å²) in [6, 6.07) is 0. The molecule has 1 aromatic heterocycles. The topological polar surface area (TPSA) is 153 Å². The largest absolute Gasteiger partial charge is 0.386 e. The molecule has 3 heterocycles. The number of hydrogen-bond donors (Lipinski definition) is 5. The molecule has 0 aromatic carbocycles. The molecule has 3 unspecified atom stereocenters. The van der Waals surface area contributed by atoms with E-state index in [0.29, 0.717) is 30.0 Å². The number of imidazole rings is 1. The van der Waals surface area contributed by atoms with Gasteiger partial charge in [-0.25, -0.2) is 9.98 Å². The molecule has 7 N–H and O–H groups in total. The lowest BCUT2D eigenvalue weighted by Gasteiger charge is -2.27. The number of aliphatic hydroxyl groups excluding tert-OH is 1. The van der Waals surface area contributed by atoms with Gasteiger partial charge in [0.1, 0.15) is 29.9 Å². The van der Waals surface area contributed by atoms with Gasteiger partial charge in [0, 0.05) is 6.16 Å². The standard InChI is InChI=1S/C17H31N6O4PS/c1-8(2)5-10-13(27-28(25,29)6-9(3)4)12(24)16(26-10)23-7-20-11-14(18)21-17(19)22-15(11)23/h7-10,12-14,16,24H,5-6,18H2,1-4H3,(H,25,29)(H3,19,21,22)/t10-,12+,13?,14?,16-,28?/m1/s1. The predicted octanol–water partition coefficient (Wildman–Crippen LogP) is 1.23. The number of rotatable bonds is 7. The van der Waals surface area contributed by atoms with Gasteiger partial charge in [0.2, 0.25) is 0 Å². The van der Waals surface area contributed by atoms with Crippen molar-refractivity contribution >= 4 is 30.1 Å². The fraction of sp³-hybridized carbons (Fsp3) is 0.765. The van der Waals surface area contributed by atoms with E-state index in [4.69, 9.17) is 32.5 Å². The smallest absolute Gasteiger partial charge is 0.196 e. The number of ether oxygens (including phenoxy) is 1. The van der Waals surface area contributed by atoms with Gasteiger partial charge in [-0.2, -0.15) is 0 Å². The van der Waals surface area contributed by atoms with Crippen LogP contribution in [-0.2, 0) is 21.1 Å². The number of aliphatic hydroxyl groups is 1. The molecule has 12 heteroatoms. The van der Waals surface area contributed by atoms with E-state index in [1.165, 1.54) is 6.33 Å². The molecule has 0 saturated carbocycles. The maximum absolute atomic E-state index is 11.1. The normalized spacial score (nSPS) is 31.5. The zero-order chi connectivity index (χ0) is 21.5. The summed E-state index contributed by atoms with van der Waals surface area (Å²) < 4.78 is 13.7. The van der Waals surface area contributed by atoms with Crippen LogP contribution in [0.5, 0.6) is 0 Å². The number of nitrogens with one attached hydrogen (secondary N) is 1. The summed E-state index contributed by atoms with van der Waals surface area (Å²) in [5, 5.41) is 14.0. The van der Waals surface area contributed by atoms with Crippen LogP contribution in [-0.4, -0.2) is 50.0 Å². The summed E-state index contributed by atoms with van der Waals surface area (Å²) in [7, 11) is 0. The Bertz CT molecular complexity index is 816. The first kappa shape index (κ1) is 22.6. The molecule has 164 valence electrons. The predicted molar refractivity (Wildman–Crippen MR) is 115 cm³/mol. The van der Waals surface area contributed by atoms with E-state index in [0.717, 1.165) is 0 Å². The second kappa shape index (κ2) is 8.58. The van der Waals surface area contributed by atoms with Crippen LogP contribution in [0.15, 0.2) is 11.3 Å². The van der Waals surface area contributed by atoms with Crippen LogP contribution in [0.25, 0.3) is 0 Å². The molecule has 29 heavy (non-hydrogen) atoms. The monoisotopic (exact) mass is 446 g/mol. The highest BCUT2D eigenvalue weighted by Gasteiger charge is 2.48. The number of hydrogen-bond acceptors (Lipinski definition) is 9. The number of anilines is 1.